The van der Waals surface area contributed by atoms with E-state index in [0.717, 1.165) is 24.8 Å². The second kappa shape index (κ2) is 8.46. The molecule has 150 valence electrons. The molecule has 1 heterocycles. The van der Waals surface area contributed by atoms with Gasteiger partial charge in [-0.2, -0.15) is 0 Å². The van der Waals surface area contributed by atoms with Crippen LogP contribution in [-0.4, -0.2) is 31.3 Å². The molecule has 0 unspecified atom stereocenters. The summed E-state index contributed by atoms with van der Waals surface area (Å²) in [5.74, 6) is 0.424. The lowest BCUT2D eigenvalue weighted by Gasteiger charge is -2.52. The van der Waals surface area contributed by atoms with Crippen molar-refractivity contribution in [3.05, 3.63) is 34.6 Å². The second-order valence-electron chi connectivity index (χ2n) is 8.27. The summed E-state index contributed by atoms with van der Waals surface area (Å²) in [6, 6.07) is 4.75. The van der Waals surface area contributed by atoms with E-state index in [2.05, 4.69) is 19.2 Å². The number of hydrogen-bond donors (Lipinski definition) is 1. The van der Waals surface area contributed by atoms with Gasteiger partial charge in [0.15, 0.2) is 0 Å². The van der Waals surface area contributed by atoms with Crippen LogP contribution in [0.4, 0.5) is 4.39 Å². The third-order valence-electron chi connectivity index (χ3n) is 6.09. The molecule has 2 aliphatic rings. The summed E-state index contributed by atoms with van der Waals surface area (Å²) in [4.78, 5) is 12.5. The van der Waals surface area contributed by atoms with Gasteiger partial charge in [0.05, 0.1) is 23.8 Å². The quantitative estimate of drug-likeness (QED) is 0.786. The topological polar surface area (TPSA) is 47.6 Å². The first-order valence-electron chi connectivity index (χ1n) is 9.72. The highest BCUT2D eigenvalue weighted by atomic mass is 35.5. The van der Waals surface area contributed by atoms with Crippen molar-refractivity contribution in [3.63, 3.8) is 0 Å². The van der Waals surface area contributed by atoms with Crippen molar-refractivity contribution in [1.29, 1.82) is 0 Å². The molecule has 0 radical (unpaired) electrons. The average Bonchev–Trinajstić information content (AvgIpc) is 2.61. The predicted octanol–water partition coefficient (Wildman–Crippen LogP) is 4.66. The molecule has 2 fully saturated rings. The minimum Gasteiger partial charge on any atom is -0.384 e. The normalized spacial score (nSPS) is 33.4. The van der Waals surface area contributed by atoms with Crippen LogP contribution in [0.25, 0.3) is 0 Å². The maximum absolute atomic E-state index is 13.6. The highest BCUT2D eigenvalue weighted by Gasteiger charge is 2.49. The van der Waals surface area contributed by atoms with Crippen LogP contribution >= 0.6 is 11.6 Å². The van der Waals surface area contributed by atoms with Crippen LogP contribution in [0.3, 0.4) is 0 Å². The fourth-order valence-electron chi connectivity index (χ4n) is 4.63. The number of carbonyl (C=O) groups excluding carboxylic acids is 1. The van der Waals surface area contributed by atoms with Crippen LogP contribution in [0.5, 0.6) is 0 Å². The molecule has 0 bridgehead atoms. The molecule has 1 saturated heterocycles. The Hall–Kier alpha value is -1.17. The standard InChI is InChI=1S/C21H29ClFNO3/c1-13-4-6-15-18(10-13)27-19(14-5-7-17(23)16(22)11-14)12-21(15,2)24-20(25)8-9-26-3/h5,7,11,13,15,18-19H,4,6,8-10,12H2,1-3H3,(H,24,25)/t13-,15-,18-,19-,21+/m1/s1. The van der Waals surface area contributed by atoms with E-state index in [9.17, 15) is 9.18 Å². The lowest BCUT2D eigenvalue weighted by atomic mass is 9.66. The van der Waals surface area contributed by atoms with Gasteiger partial charge in [-0.15, -0.1) is 0 Å². The van der Waals surface area contributed by atoms with E-state index < -0.39 is 5.82 Å². The van der Waals surface area contributed by atoms with E-state index in [4.69, 9.17) is 21.1 Å². The van der Waals surface area contributed by atoms with Crippen molar-refractivity contribution in [2.45, 2.75) is 63.7 Å². The van der Waals surface area contributed by atoms with E-state index in [0.29, 0.717) is 25.4 Å². The SMILES string of the molecule is COCCC(=O)N[C@@]1(C)C[C@H](c2ccc(F)c(Cl)c2)O[C@@H]2C[C@H](C)CC[C@H]21. The van der Waals surface area contributed by atoms with E-state index in [1.54, 1.807) is 19.2 Å². The van der Waals surface area contributed by atoms with Gasteiger partial charge in [-0.25, -0.2) is 4.39 Å². The smallest absolute Gasteiger partial charge is 0.222 e. The molecule has 3 rings (SSSR count). The molecule has 0 aromatic heterocycles. The van der Waals surface area contributed by atoms with Crippen molar-refractivity contribution in [2.75, 3.05) is 13.7 Å². The highest BCUT2D eigenvalue weighted by Crippen LogP contribution is 2.48. The molecule has 1 aromatic rings. The van der Waals surface area contributed by atoms with Crippen LogP contribution in [0.2, 0.25) is 5.02 Å². The van der Waals surface area contributed by atoms with Crippen LogP contribution in [-0.2, 0) is 14.3 Å². The lowest BCUT2D eigenvalue weighted by molar-refractivity contribution is -0.154. The number of nitrogens with one attached hydrogen (secondary N) is 1. The monoisotopic (exact) mass is 397 g/mol. The fourth-order valence-corrected chi connectivity index (χ4v) is 4.82. The number of hydrogen-bond acceptors (Lipinski definition) is 3. The van der Waals surface area contributed by atoms with Gasteiger partial charge in [0.25, 0.3) is 0 Å². The summed E-state index contributed by atoms with van der Waals surface area (Å²) < 4.78 is 25.1. The molecule has 1 aromatic carbocycles. The van der Waals surface area contributed by atoms with E-state index in [-0.39, 0.29) is 34.6 Å². The largest absolute Gasteiger partial charge is 0.384 e. The van der Waals surface area contributed by atoms with Crippen molar-refractivity contribution >= 4 is 17.5 Å². The molecule has 1 saturated carbocycles. The lowest BCUT2D eigenvalue weighted by Crippen LogP contribution is -2.60. The van der Waals surface area contributed by atoms with E-state index >= 15 is 0 Å². The van der Waals surface area contributed by atoms with Gasteiger partial charge in [-0.1, -0.05) is 31.0 Å². The molecule has 4 nitrogen and oxygen atoms in total. The number of halogens is 2. The third-order valence-corrected chi connectivity index (χ3v) is 6.38. The molecule has 1 N–H and O–H groups in total. The molecular formula is C21H29ClFNO3. The van der Waals surface area contributed by atoms with E-state index in [1.165, 1.54) is 6.07 Å². The number of benzene rings is 1. The molecule has 1 amide bonds. The van der Waals surface area contributed by atoms with Crippen molar-refractivity contribution in [2.24, 2.45) is 11.8 Å². The number of rotatable bonds is 5. The Kier molecular flexibility index (Phi) is 6.44. The molecule has 1 aliphatic carbocycles. The maximum atomic E-state index is 13.6. The Bertz CT molecular complexity index is 685. The van der Waals surface area contributed by atoms with Gasteiger partial charge in [-0.3, -0.25) is 4.79 Å². The van der Waals surface area contributed by atoms with Crippen LogP contribution in [0.15, 0.2) is 18.2 Å². The summed E-state index contributed by atoms with van der Waals surface area (Å²) in [5.41, 5.74) is 0.481. The van der Waals surface area contributed by atoms with Crippen LogP contribution in [0.1, 0.15) is 57.6 Å². The van der Waals surface area contributed by atoms with Crippen molar-refractivity contribution in [1.82, 2.24) is 5.32 Å². The summed E-state index contributed by atoms with van der Waals surface area (Å²) in [6.07, 6.45) is 3.98. The van der Waals surface area contributed by atoms with Gasteiger partial charge >= 0.3 is 0 Å². The highest BCUT2D eigenvalue weighted by molar-refractivity contribution is 6.30. The second-order valence-corrected chi connectivity index (χ2v) is 8.68. The third kappa shape index (κ3) is 4.64. The van der Waals surface area contributed by atoms with Gasteiger partial charge in [-0.05, 0) is 43.4 Å². The van der Waals surface area contributed by atoms with Crippen molar-refractivity contribution < 1.29 is 18.7 Å². The summed E-state index contributed by atoms with van der Waals surface area (Å²) in [5, 5.41) is 3.36. The Balaban J connectivity index is 1.85. The average molecular weight is 398 g/mol. The minimum absolute atomic E-state index is 0.00508. The van der Waals surface area contributed by atoms with Gasteiger partial charge in [0.2, 0.25) is 5.91 Å². The van der Waals surface area contributed by atoms with E-state index in [1.807, 2.05) is 0 Å². The van der Waals surface area contributed by atoms with Gasteiger partial charge in [0.1, 0.15) is 5.82 Å². The maximum Gasteiger partial charge on any atom is 0.222 e. The summed E-state index contributed by atoms with van der Waals surface area (Å²) >= 11 is 5.99. The predicted molar refractivity (Wildman–Crippen MR) is 103 cm³/mol. The number of amides is 1. The Labute approximate surface area is 165 Å². The zero-order chi connectivity index (χ0) is 19.6. The minimum atomic E-state index is -0.434. The molecule has 1 aliphatic heterocycles. The molecule has 0 spiro atoms. The van der Waals surface area contributed by atoms with Gasteiger partial charge in [0, 0.05) is 31.4 Å². The Morgan fingerprint density at radius 3 is 2.93 bits per heavy atom. The first-order chi connectivity index (χ1) is 12.8. The zero-order valence-corrected chi connectivity index (χ0v) is 17.0. The zero-order valence-electron chi connectivity index (χ0n) is 16.3. The van der Waals surface area contributed by atoms with Gasteiger partial charge < -0.3 is 14.8 Å². The summed E-state index contributed by atoms with van der Waals surface area (Å²) in [7, 11) is 1.59. The molecule has 27 heavy (non-hydrogen) atoms. The van der Waals surface area contributed by atoms with Crippen molar-refractivity contribution in [3.8, 4) is 0 Å². The summed E-state index contributed by atoms with van der Waals surface area (Å²) in [6.45, 7) is 4.76. The number of carbonyl (C=O) groups is 1. The Morgan fingerprint density at radius 2 is 2.22 bits per heavy atom. The first-order valence-corrected chi connectivity index (χ1v) is 10.1. The number of fused-ring (bicyclic) bond motifs is 1. The molecular weight excluding hydrogens is 369 g/mol. The number of ether oxygens (including phenoxy) is 2. The Morgan fingerprint density at radius 1 is 1.44 bits per heavy atom. The molecule has 5 atom stereocenters. The first kappa shape index (κ1) is 20.6. The fraction of sp³-hybridized carbons (Fsp3) is 0.667. The van der Waals surface area contributed by atoms with Crippen LogP contribution in [0, 0.1) is 17.7 Å². The number of methoxy groups -OCH3 is 1. The van der Waals surface area contributed by atoms with Crippen LogP contribution < -0.4 is 5.32 Å². The molecule has 6 heteroatoms.